The third-order valence-corrected chi connectivity index (χ3v) is 4.24. The van der Waals surface area contributed by atoms with E-state index in [4.69, 9.17) is 20.9 Å². The lowest BCUT2D eigenvalue weighted by molar-refractivity contribution is -0.151. The second-order valence-corrected chi connectivity index (χ2v) is 6.07. The van der Waals surface area contributed by atoms with Gasteiger partial charge in [0.1, 0.15) is 12.3 Å². The van der Waals surface area contributed by atoms with E-state index in [1.54, 1.807) is 18.2 Å². The molecular weight excluding hydrogens is 302 g/mol. The lowest BCUT2D eigenvalue weighted by Crippen LogP contribution is -2.20. The molecule has 116 valence electrons. The largest absolute Gasteiger partial charge is 0.459 e. The Bertz CT molecular complexity index is 630. The minimum Gasteiger partial charge on any atom is -0.459 e. The highest BCUT2D eigenvalue weighted by molar-refractivity contribution is 6.30. The summed E-state index contributed by atoms with van der Waals surface area (Å²) in [4.78, 5) is 12.0. The minimum absolute atomic E-state index is 0.0522. The van der Waals surface area contributed by atoms with E-state index >= 15 is 0 Å². The fraction of sp³-hybridized carbons (Fsp3) is 0.412. The number of carbonyl (C=O) groups is 1. The van der Waals surface area contributed by atoms with E-state index in [1.165, 1.54) is 6.42 Å². The van der Waals surface area contributed by atoms with Crippen LogP contribution in [0.25, 0.3) is 11.3 Å². The molecule has 0 unspecified atom stereocenters. The second-order valence-electron chi connectivity index (χ2n) is 5.63. The van der Waals surface area contributed by atoms with Crippen molar-refractivity contribution in [2.24, 2.45) is 5.92 Å². The van der Waals surface area contributed by atoms with Gasteiger partial charge in [-0.05, 0) is 37.1 Å². The number of nitrogens with zero attached hydrogens (tertiary/aromatic N) is 1. The summed E-state index contributed by atoms with van der Waals surface area (Å²) in [5, 5.41) is 4.62. The van der Waals surface area contributed by atoms with Crippen molar-refractivity contribution in [1.29, 1.82) is 0 Å². The van der Waals surface area contributed by atoms with Crippen LogP contribution in [0.15, 0.2) is 34.9 Å². The summed E-state index contributed by atoms with van der Waals surface area (Å²) in [5.41, 5.74) is 1.51. The van der Waals surface area contributed by atoms with Crippen molar-refractivity contribution >= 4 is 17.6 Å². The number of hydrogen-bond acceptors (Lipinski definition) is 4. The molecule has 1 aliphatic carbocycles. The van der Waals surface area contributed by atoms with Crippen molar-refractivity contribution < 1.29 is 14.1 Å². The van der Waals surface area contributed by atoms with Crippen LogP contribution in [0.5, 0.6) is 0 Å². The summed E-state index contributed by atoms with van der Waals surface area (Å²) in [6.45, 7) is 0.159. The van der Waals surface area contributed by atoms with Gasteiger partial charge in [-0.25, -0.2) is 0 Å². The molecule has 0 bridgehead atoms. The molecule has 1 aromatic heterocycles. The van der Waals surface area contributed by atoms with Crippen LogP contribution < -0.4 is 0 Å². The molecule has 1 saturated carbocycles. The Balaban J connectivity index is 1.57. The van der Waals surface area contributed by atoms with E-state index in [-0.39, 0.29) is 18.5 Å². The molecule has 1 heterocycles. The zero-order valence-corrected chi connectivity index (χ0v) is 13.0. The molecule has 0 N–H and O–H groups in total. The number of carbonyl (C=O) groups excluding carboxylic acids is 1. The summed E-state index contributed by atoms with van der Waals surface area (Å²) < 4.78 is 10.6. The SMILES string of the molecule is O=C(OCc1cc(-c2ccc(Cl)cc2)on1)C1CCCCC1. The van der Waals surface area contributed by atoms with Crippen LogP contribution in [-0.4, -0.2) is 11.1 Å². The van der Waals surface area contributed by atoms with E-state index in [1.807, 2.05) is 12.1 Å². The van der Waals surface area contributed by atoms with Crippen LogP contribution in [0.3, 0.4) is 0 Å². The van der Waals surface area contributed by atoms with Gasteiger partial charge in [-0.15, -0.1) is 0 Å². The topological polar surface area (TPSA) is 52.3 Å². The minimum atomic E-state index is -0.115. The number of halogens is 1. The average Bonchev–Trinajstić information content (AvgIpc) is 3.03. The summed E-state index contributed by atoms with van der Waals surface area (Å²) in [6.07, 6.45) is 5.33. The van der Waals surface area contributed by atoms with Crippen LogP contribution in [0, 0.1) is 5.92 Å². The van der Waals surface area contributed by atoms with Crippen LogP contribution in [-0.2, 0) is 16.1 Å². The number of rotatable bonds is 4. The van der Waals surface area contributed by atoms with Crippen LogP contribution in [0.4, 0.5) is 0 Å². The van der Waals surface area contributed by atoms with Gasteiger partial charge in [0.15, 0.2) is 5.76 Å². The van der Waals surface area contributed by atoms with Gasteiger partial charge in [0.25, 0.3) is 0 Å². The first-order chi connectivity index (χ1) is 10.7. The Morgan fingerprint density at radius 3 is 2.68 bits per heavy atom. The molecule has 5 heteroatoms. The van der Waals surface area contributed by atoms with E-state index < -0.39 is 0 Å². The molecular formula is C17H18ClNO3. The number of hydrogen-bond donors (Lipinski definition) is 0. The normalized spacial score (nSPS) is 15.7. The quantitative estimate of drug-likeness (QED) is 0.772. The Morgan fingerprint density at radius 1 is 1.23 bits per heavy atom. The van der Waals surface area contributed by atoms with Crippen LogP contribution in [0.1, 0.15) is 37.8 Å². The maximum absolute atomic E-state index is 12.0. The summed E-state index contributed by atoms with van der Waals surface area (Å²) in [7, 11) is 0. The number of ether oxygens (including phenoxy) is 1. The number of benzene rings is 1. The molecule has 4 nitrogen and oxygen atoms in total. The maximum Gasteiger partial charge on any atom is 0.309 e. The van der Waals surface area contributed by atoms with Gasteiger partial charge in [-0.1, -0.05) is 36.0 Å². The zero-order valence-electron chi connectivity index (χ0n) is 12.3. The molecule has 0 saturated heterocycles. The first-order valence-corrected chi connectivity index (χ1v) is 7.98. The fourth-order valence-electron chi connectivity index (χ4n) is 2.73. The highest BCUT2D eigenvalue weighted by Gasteiger charge is 2.22. The molecule has 1 aliphatic rings. The second kappa shape index (κ2) is 6.97. The molecule has 0 amide bonds. The molecule has 22 heavy (non-hydrogen) atoms. The number of aromatic nitrogens is 1. The lowest BCUT2D eigenvalue weighted by Gasteiger charge is -2.19. The lowest BCUT2D eigenvalue weighted by atomic mass is 9.89. The number of esters is 1. The van der Waals surface area contributed by atoms with Crippen LogP contribution in [0.2, 0.25) is 5.02 Å². The Morgan fingerprint density at radius 2 is 1.95 bits per heavy atom. The Hall–Kier alpha value is -1.81. The molecule has 2 aromatic rings. The monoisotopic (exact) mass is 319 g/mol. The first kappa shape index (κ1) is 15.1. The van der Waals surface area contributed by atoms with Crippen molar-refractivity contribution in [1.82, 2.24) is 5.16 Å². The third-order valence-electron chi connectivity index (χ3n) is 3.99. The smallest absolute Gasteiger partial charge is 0.309 e. The average molecular weight is 320 g/mol. The van der Waals surface area contributed by atoms with Gasteiger partial charge in [0.05, 0.1) is 5.92 Å². The maximum atomic E-state index is 12.0. The molecule has 1 aromatic carbocycles. The van der Waals surface area contributed by atoms with Gasteiger partial charge in [0, 0.05) is 16.7 Å². The van der Waals surface area contributed by atoms with Crippen molar-refractivity contribution in [3.63, 3.8) is 0 Å². The van der Waals surface area contributed by atoms with Gasteiger partial charge in [-0.2, -0.15) is 0 Å². The summed E-state index contributed by atoms with van der Waals surface area (Å²) in [6, 6.07) is 9.10. The highest BCUT2D eigenvalue weighted by Crippen LogP contribution is 2.26. The molecule has 0 spiro atoms. The van der Waals surface area contributed by atoms with Gasteiger partial charge in [-0.3, -0.25) is 4.79 Å². The van der Waals surface area contributed by atoms with E-state index in [9.17, 15) is 4.79 Å². The van der Waals surface area contributed by atoms with Crippen molar-refractivity contribution in [2.75, 3.05) is 0 Å². The summed E-state index contributed by atoms with van der Waals surface area (Å²) in [5.74, 6) is 0.576. The van der Waals surface area contributed by atoms with Crippen molar-refractivity contribution in [3.8, 4) is 11.3 Å². The Labute approximate surface area is 134 Å². The van der Waals surface area contributed by atoms with E-state index in [0.717, 1.165) is 31.2 Å². The molecule has 1 fully saturated rings. The predicted molar refractivity (Wildman–Crippen MR) is 83.3 cm³/mol. The molecule has 3 rings (SSSR count). The molecule has 0 radical (unpaired) electrons. The van der Waals surface area contributed by atoms with Gasteiger partial charge < -0.3 is 9.26 Å². The zero-order chi connectivity index (χ0) is 15.4. The van der Waals surface area contributed by atoms with Crippen LogP contribution >= 0.6 is 11.6 Å². The summed E-state index contributed by atoms with van der Waals surface area (Å²) >= 11 is 5.86. The van der Waals surface area contributed by atoms with E-state index in [2.05, 4.69) is 5.16 Å². The predicted octanol–water partition coefficient (Wildman–Crippen LogP) is 4.62. The first-order valence-electron chi connectivity index (χ1n) is 7.60. The van der Waals surface area contributed by atoms with E-state index in [0.29, 0.717) is 16.5 Å². The highest BCUT2D eigenvalue weighted by atomic mass is 35.5. The van der Waals surface area contributed by atoms with Crippen molar-refractivity contribution in [3.05, 3.63) is 41.0 Å². The molecule has 0 atom stereocenters. The van der Waals surface area contributed by atoms with Gasteiger partial charge in [0.2, 0.25) is 0 Å². The van der Waals surface area contributed by atoms with Gasteiger partial charge >= 0.3 is 5.97 Å². The standard InChI is InChI=1S/C17H18ClNO3/c18-14-8-6-12(7-9-14)16-10-15(19-22-16)11-21-17(20)13-4-2-1-3-5-13/h6-10,13H,1-5,11H2. The molecule has 0 aliphatic heterocycles. The van der Waals surface area contributed by atoms with Crippen molar-refractivity contribution in [2.45, 2.75) is 38.7 Å². The fourth-order valence-corrected chi connectivity index (χ4v) is 2.86. The Kier molecular flexibility index (Phi) is 4.78. The third kappa shape index (κ3) is 3.69.